The second kappa shape index (κ2) is 5.54. The smallest absolute Gasteiger partial charge is 0.303 e. The average molecular weight is 177 g/mol. The van der Waals surface area contributed by atoms with Gasteiger partial charge in [-0.2, -0.15) is 0 Å². The molecule has 0 rings (SSSR count). The molecule has 0 aliphatic carbocycles. The maximum atomic E-state index is 10.5. The van der Waals surface area contributed by atoms with Gasteiger partial charge in [0.2, 0.25) is 1.43 Å². The summed E-state index contributed by atoms with van der Waals surface area (Å²) in [6, 6.07) is 0. The summed E-state index contributed by atoms with van der Waals surface area (Å²) in [6.45, 7) is 2.26. The third-order valence-corrected chi connectivity index (χ3v) is 0.991. The highest BCUT2D eigenvalue weighted by atomic mass is 16.6. The van der Waals surface area contributed by atoms with Crippen LogP contribution in [0.5, 0.6) is 0 Å². The summed E-state index contributed by atoms with van der Waals surface area (Å²) in [6.07, 6.45) is -0.709. The second-order valence-electron chi connectivity index (χ2n) is 2.20. The predicted octanol–water partition coefficient (Wildman–Crippen LogP) is -0.527. The minimum Gasteiger partial charge on any atom is -0.462 e. The Labute approximate surface area is 71.8 Å². The van der Waals surface area contributed by atoms with Crippen molar-refractivity contribution in [2.75, 3.05) is 13.2 Å². The average Bonchev–Trinajstić information content (AvgIpc) is 1.99. The Morgan fingerprint density at radius 1 is 1.50 bits per heavy atom. The summed E-state index contributed by atoms with van der Waals surface area (Å²) in [7, 11) is 0. The Balaban J connectivity index is 3.79. The molecule has 0 aromatic heterocycles. The van der Waals surface area contributed by atoms with Crippen molar-refractivity contribution in [1.82, 2.24) is 0 Å². The first kappa shape index (κ1) is 8.99. The Morgan fingerprint density at radius 3 is 2.58 bits per heavy atom. The van der Waals surface area contributed by atoms with Crippen LogP contribution < -0.4 is 0 Å². The van der Waals surface area contributed by atoms with Gasteiger partial charge >= 0.3 is 11.9 Å². The molecule has 70 valence electrons. The highest BCUT2D eigenvalue weighted by Gasteiger charge is 2.11. The molecule has 0 aromatic carbocycles. The molecule has 0 aliphatic heterocycles. The van der Waals surface area contributed by atoms with Gasteiger partial charge < -0.3 is 14.6 Å². The van der Waals surface area contributed by atoms with Gasteiger partial charge in [-0.05, 0) is 0 Å². The van der Waals surface area contributed by atoms with Crippen molar-refractivity contribution in [3.05, 3.63) is 0 Å². The second-order valence-corrected chi connectivity index (χ2v) is 2.20. The molecular weight excluding hydrogens is 164 g/mol. The minimum absolute atomic E-state index is 0.0895. The molecule has 0 bridgehead atoms. The molecule has 0 saturated carbocycles. The SMILES string of the molecule is [2H]OCC(COC(C)=O)OC(C)=O. The van der Waals surface area contributed by atoms with Crippen molar-refractivity contribution in [2.45, 2.75) is 20.0 Å². The van der Waals surface area contributed by atoms with Crippen LogP contribution >= 0.6 is 0 Å². The van der Waals surface area contributed by atoms with Gasteiger partial charge in [0.15, 0.2) is 6.10 Å². The van der Waals surface area contributed by atoms with E-state index in [1.165, 1.54) is 13.8 Å². The van der Waals surface area contributed by atoms with Crippen LogP contribution in [-0.4, -0.2) is 37.8 Å². The summed E-state index contributed by atoms with van der Waals surface area (Å²) >= 11 is 0. The van der Waals surface area contributed by atoms with Gasteiger partial charge in [-0.25, -0.2) is 0 Å². The summed E-state index contributed by atoms with van der Waals surface area (Å²) in [5.74, 6) is -0.976. The highest BCUT2D eigenvalue weighted by molar-refractivity contribution is 5.67. The lowest BCUT2D eigenvalue weighted by atomic mass is 10.4. The van der Waals surface area contributed by atoms with E-state index in [1.807, 2.05) is 0 Å². The van der Waals surface area contributed by atoms with Gasteiger partial charge in [0, 0.05) is 13.8 Å². The normalized spacial score (nSPS) is 13.0. The molecule has 1 atom stereocenters. The molecule has 0 spiro atoms. The Morgan fingerprint density at radius 2 is 2.17 bits per heavy atom. The zero-order valence-corrected chi connectivity index (χ0v) is 7.03. The molecule has 0 aromatic rings. The molecule has 5 heteroatoms. The van der Waals surface area contributed by atoms with E-state index in [4.69, 9.17) is 1.43 Å². The van der Waals surface area contributed by atoms with Crippen molar-refractivity contribution in [3.63, 3.8) is 0 Å². The van der Waals surface area contributed by atoms with Crippen LogP contribution in [0.25, 0.3) is 0 Å². The van der Waals surface area contributed by atoms with Crippen molar-refractivity contribution < 1.29 is 24.2 Å². The molecule has 0 radical (unpaired) electrons. The van der Waals surface area contributed by atoms with Crippen molar-refractivity contribution in [3.8, 4) is 0 Å². The van der Waals surface area contributed by atoms with E-state index in [0.29, 0.717) is 0 Å². The third kappa shape index (κ3) is 5.67. The van der Waals surface area contributed by atoms with Gasteiger partial charge in [-0.1, -0.05) is 0 Å². The van der Waals surface area contributed by atoms with Crippen LogP contribution in [0.4, 0.5) is 0 Å². The number of rotatable bonds is 5. The first-order valence-corrected chi connectivity index (χ1v) is 3.45. The van der Waals surface area contributed by atoms with Crippen LogP contribution in [-0.2, 0) is 19.1 Å². The molecule has 0 saturated heterocycles. The number of aliphatic hydroxyl groups is 1. The number of hydrogen-bond acceptors (Lipinski definition) is 5. The maximum Gasteiger partial charge on any atom is 0.303 e. The number of ether oxygens (including phenoxy) is 2. The van der Waals surface area contributed by atoms with Gasteiger partial charge in [0.05, 0.1) is 6.61 Å². The van der Waals surface area contributed by atoms with Gasteiger partial charge in [0.25, 0.3) is 0 Å². The number of esters is 2. The van der Waals surface area contributed by atoms with Crippen LogP contribution in [0.3, 0.4) is 0 Å². The molecule has 1 N–H and O–H groups in total. The van der Waals surface area contributed by atoms with E-state index in [1.54, 1.807) is 0 Å². The highest BCUT2D eigenvalue weighted by Crippen LogP contribution is 1.93. The van der Waals surface area contributed by atoms with E-state index >= 15 is 0 Å². The topological polar surface area (TPSA) is 72.8 Å². The fourth-order valence-corrected chi connectivity index (χ4v) is 0.561. The standard InChI is InChI=1S/C7H12O5/c1-5(9)11-4-7(3-8)12-6(2)10/h7-8H,3-4H2,1-2H3/i8D. The summed E-state index contributed by atoms with van der Waals surface area (Å²) < 4.78 is 15.7. The van der Waals surface area contributed by atoms with Gasteiger partial charge in [-0.3, -0.25) is 9.59 Å². The van der Waals surface area contributed by atoms with E-state index in [-0.39, 0.29) is 13.2 Å². The van der Waals surface area contributed by atoms with Crippen molar-refractivity contribution in [1.29, 1.82) is 1.43 Å². The lowest BCUT2D eigenvalue weighted by molar-refractivity contribution is -0.158. The zero-order valence-electron chi connectivity index (χ0n) is 8.03. The summed E-state index contributed by atoms with van der Waals surface area (Å²) in [4.78, 5) is 20.9. The fraction of sp³-hybridized carbons (Fsp3) is 0.714. The van der Waals surface area contributed by atoms with E-state index in [2.05, 4.69) is 14.6 Å². The van der Waals surface area contributed by atoms with Crippen LogP contribution in [0, 0.1) is 0 Å². The van der Waals surface area contributed by atoms with E-state index in [9.17, 15) is 9.59 Å². The molecule has 12 heavy (non-hydrogen) atoms. The number of carbonyl (C=O) groups is 2. The Kier molecular flexibility index (Phi) is 4.15. The summed E-state index contributed by atoms with van der Waals surface area (Å²) in [5, 5.41) is 4.02. The fourth-order valence-electron chi connectivity index (χ4n) is 0.561. The first-order chi connectivity index (χ1) is 6.06. The molecule has 5 nitrogen and oxygen atoms in total. The molecule has 1 unspecified atom stereocenters. The van der Waals surface area contributed by atoms with Gasteiger partial charge in [0.1, 0.15) is 6.61 Å². The lowest BCUT2D eigenvalue weighted by Gasteiger charge is -2.13. The number of aliphatic hydroxyl groups excluding tert-OH is 1. The third-order valence-electron chi connectivity index (χ3n) is 0.991. The maximum absolute atomic E-state index is 10.5. The minimum atomic E-state index is -0.709. The molecule has 0 heterocycles. The van der Waals surface area contributed by atoms with Crippen molar-refractivity contribution in [2.24, 2.45) is 0 Å². The van der Waals surface area contributed by atoms with Crippen molar-refractivity contribution >= 4 is 11.9 Å². The Hall–Kier alpha value is -1.10. The van der Waals surface area contributed by atoms with Crippen LogP contribution in [0.15, 0.2) is 0 Å². The quantitative estimate of drug-likeness (QED) is 0.572. The van der Waals surface area contributed by atoms with E-state index < -0.39 is 18.0 Å². The molecule has 0 aliphatic rings. The number of hydrogen-bond donors (Lipinski definition) is 1. The Bertz CT molecular complexity index is 182. The molecule has 0 amide bonds. The van der Waals surface area contributed by atoms with Crippen LogP contribution in [0.1, 0.15) is 13.8 Å². The lowest BCUT2D eigenvalue weighted by Crippen LogP contribution is -2.26. The van der Waals surface area contributed by atoms with Crippen LogP contribution in [0.2, 0.25) is 0 Å². The largest absolute Gasteiger partial charge is 0.462 e. The number of carbonyl (C=O) groups excluding carboxylic acids is 2. The first-order valence-electron chi connectivity index (χ1n) is 3.85. The predicted molar refractivity (Wildman–Crippen MR) is 39.3 cm³/mol. The summed E-state index contributed by atoms with van der Waals surface area (Å²) in [5.41, 5.74) is 0. The molecule has 0 fully saturated rings. The van der Waals surface area contributed by atoms with Gasteiger partial charge in [-0.15, -0.1) is 0 Å². The molecular formula is C7H12O5. The zero-order chi connectivity index (χ0) is 10.3. The van der Waals surface area contributed by atoms with E-state index in [0.717, 1.165) is 0 Å². The monoisotopic (exact) mass is 177 g/mol.